The van der Waals surface area contributed by atoms with Gasteiger partial charge in [-0.1, -0.05) is 25.7 Å². The van der Waals surface area contributed by atoms with Gasteiger partial charge in [-0.2, -0.15) is 0 Å². The Bertz CT molecular complexity index is 491. The molecule has 0 unspecified atom stereocenters. The summed E-state index contributed by atoms with van der Waals surface area (Å²) in [4.78, 5) is 13.2. The van der Waals surface area contributed by atoms with E-state index in [0.29, 0.717) is 6.61 Å². The van der Waals surface area contributed by atoms with Crippen molar-refractivity contribution in [3.05, 3.63) is 11.5 Å². The molecule has 1 saturated heterocycles. The van der Waals surface area contributed by atoms with Crippen molar-refractivity contribution in [1.82, 2.24) is 4.90 Å². The molecule has 0 aromatic carbocycles. The van der Waals surface area contributed by atoms with Crippen LogP contribution >= 0.6 is 0 Å². The van der Waals surface area contributed by atoms with Crippen LogP contribution in [0.2, 0.25) is 25.7 Å². The first-order chi connectivity index (χ1) is 9.51. The maximum atomic E-state index is 11.9. The van der Waals surface area contributed by atoms with Crippen molar-refractivity contribution in [3.8, 4) is 0 Å². The van der Waals surface area contributed by atoms with Gasteiger partial charge in [-0.3, -0.25) is 0 Å². The largest absolute Gasteiger partial charge is 0.450 e. The van der Waals surface area contributed by atoms with Crippen LogP contribution in [0.5, 0.6) is 0 Å². The van der Waals surface area contributed by atoms with Crippen LogP contribution in [0, 0.1) is 0 Å². The summed E-state index contributed by atoms with van der Waals surface area (Å²) in [5.74, 6) is 0. The molecule has 1 aliphatic heterocycles. The number of carbonyl (C=O) groups excluding carboxylic acids is 1. The zero-order chi connectivity index (χ0) is 16.3. The molecule has 122 valence electrons. The number of rotatable bonds is 6. The lowest BCUT2D eigenvalue weighted by atomic mass is 10.2. The fourth-order valence-corrected chi connectivity index (χ4v) is 3.85. The third kappa shape index (κ3) is 6.19. The summed E-state index contributed by atoms with van der Waals surface area (Å²) < 4.78 is 29.0. The van der Waals surface area contributed by atoms with E-state index < -0.39 is 29.3 Å². The first-order valence-corrected chi connectivity index (χ1v) is 12.4. The van der Waals surface area contributed by atoms with Crippen LogP contribution in [0.15, 0.2) is 11.5 Å². The van der Waals surface area contributed by atoms with E-state index >= 15 is 0 Å². The van der Waals surface area contributed by atoms with Crippen molar-refractivity contribution >= 4 is 24.0 Å². The Morgan fingerprint density at radius 2 is 2.00 bits per heavy atom. The Balaban J connectivity index is 2.37. The SMILES string of the molecule is C[C@@H](N)/C=C/S(=O)(=O)C1CN(C(=O)OCC[Si](C)(C)C)C1. The fraction of sp³-hybridized carbons (Fsp3) is 0.769. The highest BCUT2D eigenvalue weighted by molar-refractivity contribution is 7.95. The second-order valence-electron chi connectivity index (χ2n) is 6.73. The number of hydrogen-bond donors (Lipinski definition) is 1. The Hall–Kier alpha value is -0.863. The van der Waals surface area contributed by atoms with Gasteiger partial charge in [0.15, 0.2) is 9.84 Å². The number of carbonyl (C=O) groups is 1. The Morgan fingerprint density at radius 1 is 1.43 bits per heavy atom. The van der Waals surface area contributed by atoms with Crippen molar-refractivity contribution in [2.75, 3.05) is 19.7 Å². The van der Waals surface area contributed by atoms with Gasteiger partial charge in [0, 0.05) is 32.6 Å². The zero-order valence-corrected chi connectivity index (χ0v) is 15.0. The van der Waals surface area contributed by atoms with Crippen LogP contribution < -0.4 is 5.73 Å². The van der Waals surface area contributed by atoms with E-state index in [1.165, 1.54) is 11.0 Å². The lowest BCUT2D eigenvalue weighted by Gasteiger charge is -2.37. The molecular weight excluding hydrogens is 308 g/mol. The minimum absolute atomic E-state index is 0.192. The normalized spacial score (nSPS) is 18.6. The summed E-state index contributed by atoms with van der Waals surface area (Å²) in [7, 11) is -4.56. The lowest BCUT2D eigenvalue weighted by molar-refractivity contribution is 0.0862. The number of ether oxygens (including phenoxy) is 1. The predicted molar refractivity (Wildman–Crippen MR) is 86.6 cm³/mol. The highest BCUT2D eigenvalue weighted by Crippen LogP contribution is 2.19. The van der Waals surface area contributed by atoms with Crippen molar-refractivity contribution < 1.29 is 17.9 Å². The fourth-order valence-electron chi connectivity index (χ4n) is 1.68. The quantitative estimate of drug-likeness (QED) is 0.742. The van der Waals surface area contributed by atoms with Gasteiger partial charge >= 0.3 is 6.09 Å². The van der Waals surface area contributed by atoms with E-state index in [0.717, 1.165) is 11.5 Å². The molecule has 6 nitrogen and oxygen atoms in total. The van der Waals surface area contributed by atoms with Gasteiger partial charge in [0.1, 0.15) is 5.25 Å². The molecule has 0 bridgehead atoms. The first-order valence-electron chi connectivity index (χ1n) is 7.11. The summed E-state index contributed by atoms with van der Waals surface area (Å²) in [6.07, 6.45) is 1.03. The van der Waals surface area contributed by atoms with Crippen LogP contribution in [0.25, 0.3) is 0 Å². The Labute approximate surface area is 128 Å². The standard InChI is InChI=1S/C13H26N2O4SSi/c1-11(14)5-7-20(17,18)12-9-15(10-12)13(16)19-6-8-21(2,3)4/h5,7,11-12H,6,8-10,14H2,1-4H3/b7-5+/t11-/m1/s1. The van der Waals surface area contributed by atoms with Crippen molar-refractivity contribution in [3.63, 3.8) is 0 Å². The van der Waals surface area contributed by atoms with Crippen molar-refractivity contribution in [2.24, 2.45) is 5.73 Å². The van der Waals surface area contributed by atoms with E-state index in [-0.39, 0.29) is 19.1 Å². The first kappa shape index (κ1) is 18.2. The number of sulfone groups is 1. The summed E-state index contributed by atoms with van der Waals surface area (Å²) in [5, 5.41) is 0.605. The van der Waals surface area contributed by atoms with Gasteiger partial charge in [0.25, 0.3) is 0 Å². The minimum atomic E-state index is -3.33. The molecule has 1 rings (SSSR count). The summed E-state index contributed by atoms with van der Waals surface area (Å²) in [6, 6.07) is 0.605. The molecule has 0 aromatic heterocycles. The molecule has 1 aliphatic rings. The molecule has 1 atom stereocenters. The number of hydrogen-bond acceptors (Lipinski definition) is 5. The number of nitrogens with two attached hydrogens (primary N) is 1. The molecule has 0 aliphatic carbocycles. The van der Waals surface area contributed by atoms with Crippen LogP contribution in [-0.2, 0) is 14.6 Å². The van der Waals surface area contributed by atoms with Gasteiger partial charge in [-0.15, -0.1) is 0 Å². The molecule has 1 fully saturated rings. The van der Waals surface area contributed by atoms with E-state index in [1.807, 2.05) is 0 Å². The Kier molecular flexibility index (Phi) is 6.00. The highest BCUT2D eigenvalue weighted by atomic mass is 32.2. The molecule has 0 aromatic rings. The summed E-state index contributed by atoms with van der Waals surface area (Å²) in [5.41, 5.74) is 5.49. The molecule has 0 radical (unpaired) electrons. The molecule has 8 heteroatoms. The van der Waals surface area contributed by atoms with E-state index in [2.05, 4.69) is 19.6 Å². The van der Waals surface area contributed by atoms with Gasteiger partial charge < -0.3 is 15.4 Å². The monoisotopic (exact) mass is 334 g/mol. The minimum Gasteiger partial charge on any atom is -0.450 e. The predicted octanol–water partition coefficient (Wildman–Crippen LogP) is 1.42. The van der Waals surface area contributed by atoms with Crippen LogP contribution in [0.4, 0.5) is 4.79 Å². The Morgan fingerprint density at radius 3 is 2.48 bits per heavy atom. The van der Waals surface area contributed by atoms with Crippen molar-refractivity contribution in [2.45, 2.75) is 43.9 Å². The van der Waals surface area contributed by atoms with E-state index in [1.54, 1.807) is 6.92 Å². The second kappa shape index (κ2) is 6.93. The number of amides is 1. The zero-order valence-electron chi connectivity index (χ0n) is 13.2. The average molecular weight is 335 g/mol. The molecule has 1 heterocycles. The third-order valence-electron chi connectivity index (χ3n) is 3.22. The smallest absolute Gasteiger partial charge is 0.409 e. The second-order valence-corrected chi connectivity index (χ2v) is 14.5. The van der Waals surface area contributed by atoms with Crippen molar-refractivity contribution in [1.29, 1.82) is 0 Å². The van der Waals surface area contributed by atoms with Gasteiger partial charge in [0.05, 0.1) is 6.61 Å². The lowest BCUT2D eigenvalue weighted by Crippen LogP contribution is -2.56. The molecule has 1 amide bonds. The molecule has 21 heavy (non-hydrogen) atoms. The average Bonchev–Trinajstić information content (AvgIpc) is 2.22. The molecular formula is C13H26N2O4SSi. The third-order valence-corrected chi connectivity index (χ3v) is 6.69. The van der Waals surface area contributed by atoms with Gasteiger partial charge in [-0.05, 0) is 13.0 Å². The van der Waals surface area contributed by atoms with Gasteiger partial charge in [-0.25, -0.2) is 13.2 Å². The molecule has 2 N–H and O–H groups in total. The maximum Gasteiger partial charge on any atom is 0.409 e. The topological polar surface area (TPSA) is 89.7 Å². The highest BCUT2D eigenvalue weighted by Gasteiger charge is 2.39. The number of nitrogens with zero attached hydrogens (tertiary/aromatic N) is 1. The van der Waals surface area contributed by atoms with Crippen LogP contribution in [0.1, 0.15) is 6.92 Å². The van der Waals surface area contributed by atoms with E-state index in [4.69, 9.17) is 10.5 Å². The maximum absolute atomic E-state index is 11.9. The van der Waals surface area contributed by atoms with Crippen LogP contribution in [0.3, 0.4) is 0 Å². The van der Waals surface area contributed by atoms with Gasteiger partial charge in [0.2, 0.25) is 0 Å². The summed E-state index contributed by atoms with van der Waals surface area (Å²) >= 11 is 0. The summed E-state index contributed by atoms with van der Waals surface area (Å²) in [6.45, 7) is 9.12. The number of likely N-dealkylation sites (tertiary alicyclic amines) is 1. The van der Waals surface area contributed by atoms with Crippen LogP contribution in [-0.4, -0.2) is 58.5 Å². The molecule has 0 saturated carbocycles. The molecule has 0 spiro atoms. The van der Waals surface area contributed by atoms with E-state index in [9.17, 15) is 13.2 Å².